The Morgan fingerprint density at radius 1 is 1.07 bits per heavy atom. The van der Waals surface area contributed by atoms with E-state index in [1.165, 1.54) is 12.4 Å². The summed E-state index contributed by atoms with van der Waals surface area (Å²) in [4.78, 5) is 30.2. The van der Waals surface area contributed by atoms with Gasteiger partial charge in [-0.1, -0.05) is 6.08 Å². The van der Waals surface area contributed by atoms with Crippen LogP contribution in [0, 0.1) is 0 Å². The SMILES string of the molecule is CCOC(=O)c1cnc(Br)o1.CCOC(=O)c1cnc(C2=CCOCC2)o1. The molecular weight excluding hydrogens is 424 g/mol. The fraction of sp³-hybridized carbons (Fsp3) is 0.412. The number of oxazole rings is 2. The number of aromatic nitrogens is 2. The Labute approximate surface area is 163 Å². The lowest BCUT2D eigenvalue weighted by Crippen LogP contribution is -2.04. The molecule has 0 unspecified atom stereocenters. The summed E-state index contributed by atoms with van der Waals surface area (Å²) in [5.41, 5.74) is 0.974. The molecule has 2 aromatic heterocycles. The van der Waals surface area contributed by atoms with Gasteiger partial charge in [0, 0.05) is 27.9 Å². The summed E-state index contributed by atoms with van der Waals surface area (Å²) in [6.07, 6.45) is 5.36. The normalized spacial score (nSPS) is 13.2. The van der Waals surface area contributed by atoms with Crippen LogP contribution in [-0.4, -0.2) is 48.3 Å². The van der Waals surface area contributed by atoms with Crippen molar-refractivity contribution in [3.05, 3.63) is 40.7 Å². The van der Waals surface area contributed by atoms with Gasteiger partial charge in [-0.25, -0.2) is 19.6 Å². The summed E-state index contributed by atoms with van der Waals surface area (Å²) in [6, 6.07) is 0. The van der Waals surface area contributed by atoms with Crippen LogP contribution < -0.4 is 0 Å². The van der Waals surface area contributed by atoms with Crippen molar-refractivity contribution in [2.75, 3.05) is 26.4 Å². The summed E-state index contributed by atoms with van der Waals surface area (Å²) in [5.74, 6) is -0.242. The van der Waals surface area contributed by atoms with Crippen LogP contribution in [-0.2, 0) is 14.2 Å². The van der Waals surface area contributed by atoms with Gasteiger partial charge in [-0.15, -0.1) is 0 Å². The van der Waals surface area contributed by atoms with E-state index in [2.05, 4.69) is 30.6 Å². The molecule has 0 radical (unpaired) electrons. The lowest BCUT2D eigenvalue weighted by atomic mass is 10.1. The van der Waals surface area contributed by atoms with Crippen LogP contribution in [0.25, 0.3) is 5.57 Å². The monoisotopic (exact) mass is 442 g/mol. The molecule has 0 fully saturated rings. The van der Waals surface area contributed by atoms with Gasteiger partial charge in [0.1, 0.15) is 0 Å². The van der Waals surface area contributed by atoms with Crippen LogP contribution in [0.1, 0.15) is 47.3 Å². The average Bonchev–Trinajstić information content (AvgIpc) is 3.33. The quantitative estimate of drug-likeness (QED) is 0.643. The highest BCUT2D eigenvalue weighted by Gasteiger charge is 2.17. The largest absolute Gasteiger partial charge is 0.460 e. The van der Waals surface area contributed by atoms with E-state index in [0.717, 1.165) is 12.0 Å². The molecule has 0 amide bonds. The van der Waals surface area contributed by atoms with Gasteiger partial charge >= 0.3 is 11.9 Å². The summed E-state index contributed by atoms with van der Waals surface area (Å²) in [7, 11) is 0. The Morgan fingerprint density at radius 2 is 1.70 bits per heavy atom. The molecule has 1 aliphatic heterocycles. The van der Waals surface area contributed by atoms with Crippen LogP contribution in [0.2, 0.25) is 0 Å². The Bertz CT molecular complexity index is 797. The Hall–Kier alpha value is -2.46. The lowest BCUT2D eigenvalue weighted by Gasteiger charge is -2.09. The zero-order valence-electron chi connectivity index (χ0n) is 14.9. The molecule has 27 heavy (non-hydrogen) atoms. The number of nitrogens with zero attached hydrogens (tertiary/aromatic N) is 2. The summed E-state index contributed by atoms with van der Waals surface area (Å²) >= 11 is 2.97. The molecule has 0 aromatic carbocycles. The second-order valence-corrected chi connectivity index (χ2v) is 5.68. The fourth-order valence-corrected chi connectivity index (χ4v) is 2.27. The second-order valence-electron chi connectivity index (χ2n) is 5.00. The smallest absolute Gasteiger partial charge is 0.375 e. The van der Waals surface area contributed by atoms with Crippen LogP contribution >= 0.6 is 15.9 Å². The molecule has 9 nitrogen and oxygen atoms in total. The fourth-order valence-electron chi connectivity index (χ4n) is 1.99. The maximum Gasteiger partial charge on any atom is 0.375 e. The Morgan fingerprint density at radius 3 is 2.22 bits per heavy atom. The zero-order valence-corrected chi connectivity index (χ0v) is 16.5. The van der Waals surface area contributed by atoms with Crippen molar-refractivity contribution in [2.24, 2.45) is 0 Å². The molecule has 10 heteroatoms. The van der Waals surface area contributed by atoms with E-state index in [-0.39, 0.29) is 16.3 Å². The van der Waals surface area contributed by atoms with Gasteiger partial charge in [0.05, 0.1) is 38.8 Å². The van der Waals surface area contributed by atoms with E-state index in [4.69, 9.17) is 18.3 Å². The number of halogens is 1. The van der Waals surface area contributed by atoms with Crippen LogP contribution in [0.3, 0.4) is 0 Å². The molecule has 0 saturated heterocycles. The standard InChI is InChI=1S/C11H13NO4.C6H6BrNO3/c1-2-15-11(13)9-7-12-10(16-9)8-3-5-14-6-4-8;1-2-10-5(9)4-3-8-6(7)11-4/h3,7H,2,4-6H2,1H3;3H,2H2,1H3. The molecule has 2 aromatic rings. The maximum atomic E-state index is 11.3. The van der Waals surface area contributed by atoms with Crippen molar-refractivity contribution < 1.29 is 32.6 Å². The molecule has 146 valence electrons. The molecule has 0 N–H and O–H groups in total. The third kappa shape index (κ3) is 6.33. The van der Waals surface area contributed by atoms with Gasteiger partial charge in [-0.05, 0) is 13.8 Å². The number of rotatable bonds is 5. The van der Waals surface area contributed by atoms with Crippen LogP contribution in [0.4, 0.5) is 0 Å². The number of carbonyl (C=O) groups excluding carboxylic acids is 2. The minimum atomic E-state index is -0.495. The van der Waals surface area contributed by atoms with Gasteiger partial charge in [-0.2, -0.15) is 0 Å². The Kier molecular flexibility index (Phi) is 8.21. The number of hydrogen-bond donors (Lipinski definition) is 0. The third-order valence-corrected chi connectivity index (χ3v) is 3.54. The molecule has 0 saturated carbocycles. The van der Waals surface area contributed by atoms with E-state index in [1.807, 2.05) is 6.08 Å². The summed E-state index contributed by atoms with van der Waals surface area (Å²) < 4.78 is 24.8. The van der Waals surface area contributed by atoms with Gasteiger partial charge in [0.25, 0.3) is 4.80 Å². The lowest BCUT2D eigenvalue weighted by molar-refractivity contribution is 0.0480. The van der Waals surface area contributed by atoms with E-state index in [9.17, 15) is 9.59 Å². The average molecular weight is 443 g/mol. The Balaban J connectivity index is 0.000000208. The second kappa shape index (κ2) is 10.6. The van der Waals surface area contributed by atoms with Crippen LogP contribution in [0.5, 0.6) is 0 Å². The molecule has 3 rings (SSSR count). The van der Waals surface area contributed by atoms with Crippen molar-refractivity contribution in [1.29, 1.82) is 0 Å². The minimum Gasteiger partial charge on any atom is -0.460 e. The molecule has 0 atom stereocenters. The highest BCUT2D eigenvalue weighted by Crippen LogP contribution is 2.21. The first-order chi connectivity index (χ1) is 13.0. The summed E-state index contributed by atoms with van der Waals surface area (Å²) in [5, 5.41) is 0. The molecule has 0 bridgehead atoms. The maximum absolute atomic E-state index is 11.3. The number of hydrogen-bond acceptors (Lipinski definition) is 9. The number of esters is 2. The first-order valence-electron chi connectivity index (χ1n) is 8.23. The van der Waals surface area contributed by atoms with Crippen molar-refractivity contribution in [2.45, 2.75) is 20.3 Å². The van der Waals surface area contributed by atoms with E-state index < -0.39 is 11.9 Å². The van der Waals surface area contributed by atoms with Crippen molar-refractivity contribution in [3.8, 4) is 0 Å². The van der Waals surface area contributed by atoms with Crippen molar-refractivity contribution in [3.63, 3.8) is 0 Å². The topological polar surface area (TPSA) is 114 Å². The first kappa shape index (κ1) is 20.8. The molecule has 0 spiro atoms. The number of ether oxygens (including phenoxy) is 3. The third-order valence-electron chi connectivity index (χ3n) is 3.17. The zero-order chi connectivity index (χ0) is 19.6. The summed E-state index contributed by atoms with van der Waals surface area (Å²) in [6.45, 7) is 5.34. The van der Waals surface area contributed by atoms with E-state index in [1.54, 1.807) is 13.8 Å². The predicted molar refractivity (Wildman–Crippen MR) is 96.0 cm³/mol. The molecule has 3 heterocycles. The molecular formula is C17H19BrN2O7. The van der Waals surface area contributed by atoms with Crippen molar-refractivity contribution in [1.82, 2.24) is 9.97 Å². The molecule has 0 aliphatic carbocycles. The van der Waals surface area contributed by atoms with E-state index in [0.29, 0.717) is 32.3 Å². The minimum absolute atomic E-state index is 0.110. The van der Waals surface area contributed by atoms with Gasteiger partial charge in [-0.3, -0.25) is 0 Å². The van der Waals surface area contributed by atoms with Gasteiger partial charge < -0.3 is 23.0 Å². The van der Waals surface area contributed by atoms with Gasteiger partial charge in [0.15, 0.2) is 0 Å². The van der Waals surface area contributed by atoms with E-state index >= 15 is 0 Å². The van der Waals surface area contributed by atoms with Gasteiger partial charge in [0.2, 0.25) is 17.4 Å². The molecule has 1 aliphatic rings. The number of carbonyl (C=O) groups is 2. The highest BCUT2D eigenvalue weighted by molar-refractivity contribution is 9.10. The predicted octanol–water partition coefficient (Wildman–Crippen LogP) is 3.27. The van der Waals surface area contributed by atoms with Crippen molar-refractivity contribution >= 4 is 33.4 Å². The highest BCUT2D eigenvalue weighted by atomic mass is 79.9. The first-order valence-corrected chi connectivity index (χ1v) is 9.03. The van der Waals surface area contributed by atoms with Crippen LogP contribution in [0.15, 0.2) is 32.1 Å².